The summed E-state index contributed by atoms with van der Waals surface area (Å²) in [5, 5.41) is 9.83. The highest BCUT2D eigenvalue weighted by atomic mass is 16.3. The fourth-order valence-corrected chi connectivity index (χ4v) is 2.19. The van der Waals surface area contributed by atoms with Crippen molar-refractivity contribution in [2.45, 2.75) is 32.6 Å². The first-order chi connectivity index (χ1) is 6.99. The fourth-order valence-electron chi connectivity index (χ4n) is 2.19. The van der Waals surface area contributed by atoms with Crippen LogP contribution in [0.3, 0.4) is 0 Å². The first-order valence-electron chi connectivity index (χ1n) is 5.48. The van der Waals surface area contributed by atoms with Crippen LogP contribution in [0, 0.1) is 5.92 Å². The number of benzene rings is 1. The molecule has 0 aromatic heterocycles. The van der Waals surface area contributed by atoms with E-state index < -0.39 is 0 Å². The van der Waals surface area contributed by atoms with E-state index >= 15 is 0 Å². The van der Waals surface area contributed by atoms with Crippen LogP contribution >= 0.6 is 0 Å². The monoisotopic (exact) mass is 207 g/mol. The van der Waals surface area contributed by atoms with E-state index in [0.717, 1.165) is 12.0 Å². The number of aromatic hydroxyl groups is 1. The Labute approximate surface area is 92.1 Å². The smallest absolute Gasteiger partial charge is 0.119 e. The van der Waals surface area contributed by atoms with E-state index in [-0.39, 0.29) is 5.41 Å². The van der Waals surface area contributed by atoms with Gasteiger partial charge in [0.1, 0.15) is 5.75 Å². The lowest BCUT2D eigenvalue weighted by Crippen LogP contribution is -2.33. The number of hydrogen-bond donors (Lipinski definition) is 2. The van der Waals surface area contributed by atoms with Gasteiger partial charge >= 0.3 is 0 Å². The first kappa shape index (κ1) is 12.1. The molecule has 0 spiro atoms. The van der Waals surface area contributed by atoms with Crippen molar-refractivity contribution < 1.29 is 5.11 Å². The zero-order valence-electron chi connectivity index (χ0n) is 9.83. The van der Waals surface area contributed by atoms with Crippen molar-refractivity contribution >= 4 is 0 Å². The molecule has 0 fully saturated rings. The summed E-state index contributed by atoms with van der Waals surface area (Å²) in [7, 11) is 0. The number of hydrogen-bond acceptors (Lipinski definition) is 2. The SMILES string of the molecule is CC(C)CC(C)(CN)c1ccccc1O. The molecule has 0 radical (unpaired) electrons. The number of phenolic OH excluding ortho intramolecular Hbond substituents is 1. The standard InChI is InChI=1S/C13H21NO/c1-10(2)8-13(3,9-14)11-6-4-5-7-12(11)15/h4-7,10,15H,8-9,14H2,1-3H3. The van der Waals surface area contributed by atoms with Crippen molar-refractivity contribution in [3.63, 3.8) is 0 Å². The molecule has 1 aromatic rings. The number of rotatable bonds is 4. The predicted octanol–water partition coefficient (Wildman–Crippen LogP) is 2.65. The highest BCUT2D eigenvalue weighted by Crippen LogP contribution is 2.35. The van der Waals surface area contributed by atoms with Gasteiger partial charge in [0.2, 0.25) is 0 Å². The average molecular weight is 207 g/mol. The van der Waals surface area contributed by atoms with Gasteiger partial charge in [0, 0.05) is 17.5 Å². The predicted molar refractivity (Wildman–Crippen MR) is 64.0 cm³/mol. The summed E-state index contributed by atoms with van der Waals surface area (Å²) < 4.78 is 0. The second-order valence-corrected chi connectivity index (χ2v) is 4.88. The molecule has 0 heterocycles. The van der Waals surface area contributed by atoms with E-state index in [1.165, 1.54) is 0 Å². The zero-order valence-corrected chi connectivity index (χ0v) is 9.83. The van der Waals surface area contributed by atoms with Gasteiger partial charge in [-0.1, -0.05) is 39.0 Å². The van der Waals surface area contributed by atoms with Crippen LogP contribution in [0.1, 0.15) is 32.8 Å². The average Bonchev–Trinajstić information content (AvgIpc) is 2.17. The maximum absolute atomic E-state index is 9.83. The van der Waals surface area contributed by atoms with E-state index in [4.69, 9.17) is 5.73 Å². The molecule has 0 amide bonds. The third kappa shape index (κ3) is 2.72. The number of para-hydroxylation sites is 1. The third-order valence-electron chi connectivity index (χ3n) is 2.86. The highest BCUT2D eigenvalue weighted by molar-refractivity contribution is 5.38. The summed E-state index contributed by atoms with van der Waals surface area (Å²) in [5.41, 5.74) is 6.68. The molecular formula is C13H21NO. The van der Waals surface area contributed by atoms with E-state index in [1.807, 2.05) is 18.2 Å². The van der Waals surface area contributed by atoms with Gasteiger partial charge in [0.15, 0.2) is 0 Å². The maximum Gasteiger partial charge on any atom is 0.119 e. The maximum atomic E-state index is 9.83. The van der Waals surface area contributed by atoms with Gasteiger partial charge in [-0.3, -0.25) is 0 Å². The van der Waals surface area contributed by atoms with Gasteiger partial charge in [0.25, 0.3) is 0 Å². The molecule has 1 unspecified atom stereocenters. The van der Waals surface area contributed by atoms with Crippen molar-refractivity contribution in [2.75, 3.05) is 6.54 Å². The third-order valence-corrected chi connectivity index (χ3v) is 2.86. The van der Waals surface area contributed by atoms with E-state index in [1.54, 1.807) is 6.07 Å². The van der Waals surface area contributed by atoms with Crippen LogP contribution in [0.25, 0.3) is 0 Å². The van der Waals surface area contributed by atoms with Gasteiger partial charge in [-0.05, 0) is 18.4 Å². The van der Waals surface area contributed by atoms with Crippen molar-refractivity contribution in [3.8, 4) is 5.75 Å². The lowest BCUT2D eigenvalue weighted by molar-refractivity contribution is 0.358. The van der Waals surface area contributed by atoms with E-state index in [0.29, 0.717) is 18.2 Å². The molecule has 0 saturated heterocycles. The Hall–Kier alpha value is -1.02. The molecule has 1 atom stereocenters. The minimum Gasteiger partial charge on any atom is -0.508 e. The largest absolute Gasteiger partial charge is 0.508 e. The lowest BCUT2D eigenvalue weighted by atomic mass is 9.76. The molecule has 0 saturated carbocycles. The van der Waals surface area contributed by atoms with Crippen LogP contribution in [0.4, 0.5) is 0 Å². The van der Waals surface area contributed by atoms with Crippen LogP contribution in [0.5, 0.6) is 5.75 Å². The van der Waals surface area contributed by atoms with Gasteiger partial charge in [0.05, 0.1) is 0 Å². The summed E-state index contributed by atoms with van der Waals surface area (Å²) in [6.07, 6.45) is 0.987. The van der Waals surface area contributed by atoms with Gasteiger partial charge in [-0.15, -0.1) is 0 Å². The van der Waals surface area contributed by atoms with Crippen LogP contribution in [-0.4, -0.2) is 11.7 Å². The molecular weight excluding hydrogens is 186 g/mol. The Balaban J connectivity index is 3.05. The molecule has 0 aliphatic heterocycles. The quantitative estimate of drug-likeness (QED) is 0.797. The molecule has 2 heteroatoms. The van der Waals surface area contributed by atoms with Gasteiger partial charge in [-0.25, -0.2) is 0 Å². The van der Waals surface area contributed by atoms with Gasteiger partial charge in [-0.2, -0.15) is 0 Å². The minimum absolute atomic E-state index is 0.125. The summed E-state index contributed by atoms with van der Waals surface area (Å²) in [6.45, 7) is 7.02. The second kappa shape index (κ2) is 4.67. The summed E-state index contributed by atoms with van der Waals surface area (Å²) in [6, 6.07) is 7.47. The van der Waals surface area contributed by atoms with Crippen molar-refractivity contribution in [1.82, 2.24) is 0 Å². The topological polar surface area (TPSA) is 46.2 Å². The van der Waals surface area contributed by atoms with E-state index in [2.05, 4.69) is 20.8 Å². The Bertz CT molecular complexity index is 322. The highest BCUT2D eigenvalue weighted by Gasteiger charge is 2.28. The van der Waals surface area contributed by atoms with Crippen molar-refractivity contribution in [2.24, 2.45) is 11.7 Å². The molecule has 15 heavy (non-hydrogen) atoms. The molecule has 3 N–H and O–H groups in total. The molecule has 0 aliphatic rings. The second-order valence-electron chi connectivity index (χ2n) is 4.88. The number of nitrogens with two attached hydrogens (primary N) is 1. The molecule has 0 aliphatic carbocycles. The van der Waals surface area contributed by atoms with Crippen LogP contribution in [-0.2, 0) is 5.41 Å². The molecule has 84 valence electrons. The lowest BCUT2D eigenvalue weighted by Gasteiger charge is -2.31. The summed E-state index contributed by atoms with van der Waals surface area (Å²) >= 11 is 0. The van der Waals surface area contributed by atoms with Crippen LogP contribution < -0.4 is 5.73 Å². The summed E-state index contributed by atoms with van der Waals surface area (Å²) in [5.74, 6) is 0.921. The normalized spacial score (nSPS) is 15.3. The fraction of sp³-hybridized carbons (Fsp3) is 0.538. The van der Waals surface area contributed by atoms with Crippen molar-refractivity contribution in [1.29, 1.82) is 0 Å². The van der Waals surface area contributed by atoms with Crippen LogP contribution in [0.2, 0.25) is 0 Å². The Morgan fingerprint density at radius 1 is 1.33 bits per heavy atom. The van der Waals surface area contributed by atoms with Gasteiger partial charge < -0.3 is 10.8 Å². The first-order valence-corrected chi connectivity index (χ1v) is 5.48. The molecule has 1 rings (SSSR count). The summed E-state index contributed by atoms with van der Waals surface area (Å²) in [4.78, 5) is 0. The van der Waals surface area contributed by atoms with Crippen LogP contribution in [0.15, 0.2) is 24.3 Å². The Morgan fingerprint density at radius 2 is 1.93 bits per heavy atom. The number of phenols is 1. The molecule has 1 aromatic carbocycles. The minimum atomic E-state index is -0.125. The molecule has 2 nitrogen and oxygen atoms in total. The molecule has 0 bridgehead atoms. The Kier molecular flexibility index (Phi) is 3.75. The van der Waals surface area contributed by atoms with Crippen molar-refractivity contribution in [3.05, 3.63) is 29.8 Å². The Morgan fingerprint density at radius 3 is 2.40 bits per heavy atom. The zero-order chi connectivity index (χ0) is 11.5. The van der Waals surface area contributed by atoms with E-state index in [9.17, 15) is 5.11 Å².